The molecule has 2 heterocycles. The molecule has 6 heteroatoms. The molecule has 0 saturated carbocycles. The standard InChI is InChI=1S/C26H29N3O3/c1-3-29(18(2)30)16-19-7-9-21(10-8-19)22-13-24-23(6-4-5-11-27-24)25(14-22)32-17-20-12-26(31)28-15-20/h5-11,13-14,20H,3-4,12,15-17H2,1-2H3,(H,28,31). The zero-order valence-corrected chi connectivity index (χ0v) is 18.6. The number of carbonyl (C=O) groups excluding carboxylic acids is 2. The Hall–Kier alpha value is -3.41. The summed E-state index contributed by atoms with van der Waals surface area (Å²) in [5.41, 5.74) is 3.18. The van der Waals surface area contributed by atoms with Gasteiger partial charge in [-0.2, -0.15) is 0 Å². The van der Waals surface area contributed by atoms with E-state index < -0.39 is 0 Å². The number of fused-ring (bicyclic) bond motifs is 1. The van der Waals surface area contributed by atoms with Crippen LogP contribution in [0.2, 0.25) is 0 Å². The number of allylic oxidation sites excluding steroid dienone is 1. The lowest BCUT2D eigenvalue weighted by atomic mass is 10.0. The Morgan fingerprint density at radius 1 is 1.22 bits per heavy atom. The molecule has 2 aliphatic rings. The summed E-state index contributed by atoms with van der Waals surface area (Å²) in [6, 6.07) is 12.4. The van der Waals surface area contributed by atoms with Crippen LogP contribution in [-0.4, -0.2) is 36.4 Å². The molecule has 1 fully saturated rings. The van der Waals surface area contributed by atoms with Crippen LogP contribution >= 0.6 is 0 Å². The highest BCUT2D eigenvalue weighted by Gasteiger charge is 2.22. The molecular formula is C26H29N3O3. The van der Waals surface area contributed by atoms with Gasteiger partial charge in [0.2, 0.25) is 11.8 Å². The third-order valence-corrected chi connectivity index (χ3v) is 5.92. The largest absolute Gasteiger partial charge is 0.492 e. The summed E-state index contributed by atoms with van der Waals surface area (Å²) in [6.45, 7) is 6.03. The van der Waals surface area contributed by atoms with Crippen LogP contribution in [0.15, 0.2) is 53.7 Å². The summed E-state index contributed by atoms with van der Waals surface area (Å²) in [4.78, 5) is 29.7. The molecule has 166 valence electrons. The van der Waals surface area contributed by atoms with Gasteiger partial charge in [-0.15, -0.1) is 0 Å². The lowest BCUT2D eigenvalue weighted by Crippen LogP contribution is -2.28. The van der Waals surface area contributed by atoms with Gasteiger partial charge in [-0.1, -0.05) is 36.4 Å². The molecule has 0 aromatic heterocycles. The van der Waals surface area contributed by atoms with Crippen LogP contribution in [0.4, 0.5) is 0 Å². The van der Waals surface area contributed by atoms with Crippen LogP contribution in [0.25, 0.3) is 17.2 Å². The first-order chi connectivity index (χ1) is 15.5. The number of ether oxygens (including phenoxy) is 1. The van der Waals surface area contributed by atoms with Crippen molar-refractivity contribution in [3.05, 3.63) is 64.8 Å². The summed E-state index contributed by atoms with van der Waals surface area (Å²) in [5.74, 6) is 1.14. The molecule has 0 bridgehead atoms. The van der Waals surface area contributed by atoms with Crippen molar-refractivity contribution in [3.63, 3.8) is 0 Å². The summed E-state index contributed by atoms with van der Waals surface area (Å²) >= 11 is 0. The molecule has 6 nitrogen and oxygen atoms in total. The molecule has 1 unspecified atom stereocenters. The Balaban J connectivity index is 1.62. The van der Waals surface area contributed by atoms with E-state index in [0.717, 1.165) is 39.4 Å². The molecular weight excluding hydrogens is 402 g/mol. The second-order valence-corrected chi connectivity index (χ2v) is 8.28. The molecule has 1 atom stereocenters. The number of nitrogens with zero attached hydrogens (tertiary/aromatic N) is 2. The Morgan fingerprint density at radius 2 is 2.03 bits per heavy atom. The highest BCUT2D eigenvalue weighted by molar-refractivity contribution is 5.78. The Labute approximate surface area is 188 Å². The van der Waals surface area contributed by atoms with Crippen LogP contribution in [-0.2, 0) is 16.1 Å². The van der Waals surface area contributed by atoms with Gasteiger partial charge < -0.3 is 15.0 Å². The average Bonchev–Trinajstić information content (AvgIpc) is 3.06. The van der Waals surface area contributed by atoms with Gasteiger partial charge in [0.15, 0.2) is 0 Å². The van der Waals surface area contributed by atoms with Gasteiger partial charge in [0, 0.05) is 50.3 Å². The van der Waals surface area contributed by atoms with E-state index in [4.69, 9.17) is 4.74 Å². The molecule has 1 N–H and O–H groups in total. The van der Waals surface area contributed by atoms with Crippen molar-refractivity contribution in [3.8, 4) is 16.9 Å². The lowest BCUT2D eigenvalue weighted by Gasteiger charge is -2.19. The third-order valence-electron chi connectivity index (χ3n) is 5.92. The first kappa shape index (κ1) is 21.8. The van der Waals surface area contributed by atoms with Crippen LogP contribution in [0.1, 0.15) is 32.3 Å². The lowest BCUT2D eigenvalue weighted by molar-refractivity contribution is -0.129. The van der Waals surface area contributed by atoms with Crippen LogP contribution in [0.5, 0.6) is 5.75 Å². The van der Waals surface area contributed by atoms with Gasteiger partial charge in [0.05, 0.1) is 12.0 Å². The average molecular weight is 432 g/mol. The third kappa shape index (κ3) is 5.07. The highest BCUT2D eigenvalue weighted by Crippen LogP contribution is 2.22. The van der Waals surface area contributed by atoms with Crippen LogP contribution in [0.3, 0.4) is 0 Å². The van der Waals surface area contributed by atoms with E-state index in [1.807, 2.05) is 24.1 Å². The predicted octanol–water partition coefficient (Wildman–Crippen LogP) is 2.55. The summed E-state index contributed by atoms with van der Waals surface area (Å²) in [7, 11) is 0. The van der Waals surface area contributed by atoms with Gasteiger partial charge in [-0.05, 0) is 42.2 Å². The van der Waals surface area contributed by atoms with Gasteiger partial charge in [-0.25, -0.2) is 0 Å². The van der Waals surface area contributed by atoms with Crippen molar-refractivity contribution in [2.75, 3.05) is 19.7 Å². The minimum atomic E-state index is 0.0780. The second kappa shape index (κ2) is 9.81. The summed E-state index contributed by atoms with van der Waals surface area (Å²) in [6.07, 6.45) is 7.29. The van der Waals surface area contributed by atoms with Crippen LogP contribution in [0, 0.1) is 5.92 Å². The molecule has 0 radical (unpaired) electrons. The Kier molecular flexibility index (Phi) is 6.69. The Morgan fingerprint density at radius 3 is 2.72 bits per heavy atom. The number of hydrogen-bond acceptors (Lipinski definition) is 4. The normalized spacial score (nSPS) is 16.9. The number of amides is 2. The molecule has 2 aliphatic heterocycles. The van der Waals surface area contributed by atoms with Gasteiger partial charge in [0.25, 0.3) is 0 Å². The number of carbonyl (C=O) groups is 2. The molecule has 0 aliphatic carbocycles. The number of nitrogens with one attached hydrogen (secondary N) is 1. The SMILES string of the molecule is CCN(Cc1ccc(-c2cc(OCC3CNC(=O)C3)c3c(c2)=NC=CCC=3)cc1)C(C)=O. The summed E-state index contributed by atoms with van der Waals surface area (Å²) < 4.78 is 6.22. The van der Waals surface area contributed by atoms with E-state index in [0.29, 0.717) is 32.7 Å². The maximum absolute atomic E-state index is 11.7. The number of hydrogen-bond donors (Lipinski definition) is 1. The van der Waals surface area contributed by atoms with Gasteiger partial charge >= 0.3 is 0 Å². The maximum Gasteiger partial charge on any atom is 0.220 e. The van der Waals surface area contributed by atoms with E-state index in [9.17, 15) is 9.59 Å². The zero-order valence-electron chi connectivity index (χ0n) is 18.6. The van der Waals surface area contributed by atoms with Crippen molar-refractivity contribution in [1.29, 1.82) is 0 Å². The van der Waals surface area contributed by atoms with Crippen molar-refractivity contribution in [2.24, 2.45) is 10.9 Å². The first-order valence-corrected chi connectivity index (χ1v) is 11.1. The molecule has 0 spiro atoms. The van der Waals surface area contributed by atoms with E-state index >= 15 is 0 Å². The second-order valence-electron chi connectivity index (χ2n) is 8.28. The van der Waals surface area contributed by atoms with Gasteiger partial charge in [-0.3, -0.25) is 14.6 Å². The van der Waals surface area contributed by atoms with Crippen LogP contribution < -0.4 is 20.6 Å². The maximum atomic E-state index is 11.7. The van der Waals surface area contributed by atoms with E-state index in [2.05, 4.69) is 52.8 Å². The fourth-order valence-electron chi connectivity index (χ4n) is 4.05. The van der Waals surface area contributed by atoms with Gasteiger partial charge in [0.1, 0.15) is 5.75 Å². The van der Waals surface area contributed by atoms with E-state index in [1.165, 1.54) is 0 Å². The molecule has 1 saturated heterocycles. The molecule has 2 aromatic carbocycles. The smallest absolute Gasteiger partial charge is 0.220 e. The summed E-state index contributed by atoms with van der Waals surface area (Å²) in [5, 5.41) is 4.74. The number of rotatable bonds is 7. The van der Waals surface area contributed by atoms with E-state index in [-0.39, 0.29) is 17.7 Å². The molecule has 2 amide bonds. The molecule has 32 heavy (non-hydrogen) atoms. The monoisotopic (exact) mass is 431 g/mol. The zero-order chi connectivity index (χ0) is 22.5. The van der Waals surface area contributed by atoms with Crippen molar-refractivity contribution < 1.29 is 14.3 Å². The van der Waals surface area contributed by atoms with Crippen molar-refractivity contribution >= 4 is 17.9 Å². The fraction of sp³-hybridized carbons (Fsp3) is 0.346. The van der Waals surface area contributed by atoms with Crippen molar-refractivity contribution in [2.45, 2.75) is 33.2 Å². The van der Waals surface area contributed by atoms with E-state index in [1.54, 1.807) is 6.92 Å². The fourth-order valence-corrected chi connectivity index (χ4v) is 4.05. The Bertz CT molecular complexity index is 1150. The minimum absolute atomic E-state index is 0.0780. The highest BCUT2D eigenvalue weighted by atomic mass is 16.5. The minimum Gasteiger partial charge on any atom is -0.492 e. The van der Waals surface area contributed by atoms with Crippen molar-refractivity contribution in [1.82, 2.24) is 10.2 Å². The topological polar surface area (TPSA) is 71.0 Å². The quantitative estimate of drug-likeness (QED) is 0.733. The first-order valence-electron chi connectivity index (χ1n) is 11.1. The molecule has 2 aromatic rings. The number of benzene rings is 2. The molecule has 4 rings (SSSR count). The predicted molar refractivity (Wildman–Crippen MR) is 124 cm³/mol.